The summed E-state index contributed by atoms with van der Waals surface area (Å²) < 4.78 is 5.07. The summed E-state index contributed by atoms with van der Waals surface area (Å²) in [4.78, 5) is 4.24. The summed E-state index contributed by atoms with van der Waals surface area (Å²) in [6.07, 6.45) is 1.77. The van der Waals surface area contributed by atoms with Crippen LogP contribution in [-0.2, 0) is 0 Å². The number of hydrogen-bond donors (Lipinski definition) is 1. The second kappa shape index (κ2) is 4.61. The predicted molar refractivity (Wildman–Crippen MR) is 63.6 cm³/mol. The largest absolute Gasteiger partial charge is 0.497 e. The number of aromatic nitrogens is 2. The predicted octanol–water partition coefficient (Wildman–Crippen LogP) is 2.48. The molecule has 0 aliphatic heterocycles. The Hall–Kier alpha value is -2.10. The lowest BCUT2D eigenvalue weighted by Gasteiger charge is -1.98. The van der Waals surface area contributed by atoms with Crippen LogP contribution >= 0.6 is 0 Å². The van der Waals surface area contributed by atoms with Crippen molar-refractivity contribution >= 4 is 12.0 Å². The van der Waals surface area contributed by atoms with Crippen LogP contribution in [0.5, 0.6) is 5.75 Å². The van der Waals surface area contributed by atoms with Crippen molar-refractivity contribution in [3.05, 3.63) is 41.6 Å². The van der Waals surface area contributed by atoms with Gasteiger partial charge < -0.3 is 4.74 Å². The number of rotatable bonds is 3. The fourth-order valence-corrected chi connectivity index (χ4v) is 1.30. The summed E-state index contributed by atoms with van der Waals surface area (Å²) in [6.45, 7) is 1.94. The van der Waals surface area contributed by atoms with Crippen LogP contribution in [0.3, 0.4) is 0 Å². The van der Waals surface area contributed by atoms with E-state index in [2.05, 4.69) is 15.2 Å². The smallest absolute Gasteiger partial charge is 0.173 e. The third-order valence-electron chi connectivity index (χ3n) is 2.15. The Morgan fingerprint density at radius 1 is 1.31 bits per heavy atom. The Bertz CT molecular complexity index is 485. The Morgan fingerprint density at radius 3 is 2.62 bits per heavy atom. The molecule has 0 aliphatic carbocycles. The fraction of sp³-hybridized carbons (Fsp3) is 0.167. The quantitative estimate of drug-likeness (QED) is 0.799. The van der Waals surface area contributed by atoms with Gasteiger partial charge in [0.15, 0.2) is 5.82 Å². The normalized spacial score (nSPS) is 10.9. The van der Waals surface area contributed by atoms with Crippen LogP contribution in [0.2, 0.25) is 0 Å². The molecule has 1 heterocycles. The van der Waals surface area contributed by atoms with E-state index in [1.807, 2.05) is 37.3 Å². The summed E-state index contributed by atoms with van der Waals surface area (Å²) >= 11 is 0. The van der Waals surface area contributed by atoms with E-state index >= 15 is 0 Å². The minimum Gasteiger partial charge on any atom is -0.497 e. The number of benzene rings is 1. The molecule has 2 rings (SSSR count). The van der Waals surface area contributed by atoms with E-state index in [1.54, 1.807) is 13.3 Å². The number of H-pyrrole nitrogens is 1. The molecule has 0 aliphatic rings. The molecule has 0 unspecified atom stereocenters. The number of ether oxygens (including phenoxy) is 1. The lowest BCUT2D eigenvalue weighted by molar-refractivity contribution is 0.415. The van der Waals surface area contributed by atoms with E-state index in [9.17, 15) is 0 Å². The van der Waals surface area contributed by atoms with E-state index in [0.717, 1.165) is 17.0 Å². The molecular weight excluding hydrogens is 202 g/mol. The first-order valence-electron chi connectivity index (χ1n) is 4.98. The van der Waals surface area contributed by atoms with Gasteiger partial charge in [0, 0.05) is 18.0 Å². The third-order valence-corrected chi connectivity index (χ3v) is 2.15. The van der Waals surface area contributed by atoms with E-state index in [4.69, 9.17) is 4.74 Å². The van der Waals surface area contributed by atoms with Gasteiger partial charge >= 0.3 is 0 Å². The minimum atomic E-state index is 0.688. The molecule has 82 valence electrons. The second-order valence-corrected chi connectivity index (χ2v) is 3.44. The number of nitrogens with one attached hydrogen (secondary N) is 1. The number of aromatic amines is 1. The van der Waals surface area contributed by atoms with E-state index in [0.29, 0.717) is 5.82 Å². The summed E-state index contributed by atoms with van der Waals surface area (Å²) in [5, 5.41) is 6.86. The molecule has 0 saturated heterocycles. The SMILES string of the molecule is COc1ccc(C=Nc2cc(C)[nH]n2)cc1. The minimum absolute atomic E-state index is 0.688. The van der Waals surface area contributed by atoms with Crippen LogP contribution in [-0.4, -0.2) is 23.5 Å². The Balaban J connectivity index is 2.11. The number of nitrogens with zero attached hydrogens (tertiary/aromatic N) is 2. The average molecular weight is 215 g/mol. The average Bonchev–Trinajstić information content (AvgIpc) is 2.73. The molecule has 0 spiro atoms. The van der Waals surface area contributed by atoms with Crippen molar-refractivity contribution in [2.24, 2.45) is 4.99 Å². The highest BCUT2D eigenvalue weighted by molar-refractivity contribution is 5.81. The monoisotopic (exact) mass is 215 g/mol. The molecule has 1 aromatic carbocycles. The van der Waals surface area contributed by atoms with Crippen molar-refractivity contribution in [1.29, 1.82) is 0 Å². The molecule has 2 aromatic rings. The van der Waals surface area contributed by atoms with Crippen molar-refractivity contribution in [1.82, 2.24) is 10.2 Å². The van der Waals surface area contributed by atoms with E-state index in [-0.39, 0.29) is 0 Å². The molecule has 0 fully saturated rings. The molecule has 0 saturated carbocycles. The van der Waals surface area contributed by atoms with Gasteiger partial charge in [-0.2, -0.15) is 5.10 Å². The fourth-order valence-electron chi connectivity index (χ4n) is 1.30. The van der Waals surface area contributed by atoms with Crippen molar-refractivity contribution in [3.8, 4) is 5.75 Å². The Labute approximate surface area is 94.0 Å². The third kappa shape index (κ3) is 2.48. The zero-order chi connectivity index (χ0) is 11.4. The Kier molecular flexibility index (Phi) is 3.00. The molecule has 0 bridgehead atoms. The molecule has 4 heteroatoms. The van der Waals surface area contributed by atoms with Crippen LogP contribution in [0.25, 0.3) is 0 Å². The van der Waals surface area contributed by atoms with Crippen LogP contribution < -0.4 is 4.74 Å². The summed E-state index contributed by atoms with van der Waals surface area (Å²) in [5.41, 5.74) is 2.02. The van der Waals surface area contributed by atoms with Gasteiger partial charge in [-0.25, -0.2) is 4.99 Å². The standard InChI is InChI=1S/C12H13N3O/c1-9-7-12(15-14-9)13-8-10-3-5-11(16-2)6-4-10/h3-8H,1-2H3,(H,14,15). The summed E-state index contributed by atoms with van der Waals surface area (Å²) in [6, 6.07) is 9.58. The highest BCUT2D eigenvalue weighted by Gasteiger charge is 1.94. The van der Waals surface area contributed by atoms with Crippen molar-refractivity contribution in [2.75, 3.05) is 7.11 Å². The summed E-state index contributed by atoms with van der Waals surface area (Å²) in [5.74, 6) is 1.53. The van der Waals surface area contributed by atoms with Gasteiger partial charge in [-0.15, -0.1) is 0 Å². The van der Waals surface area contributed by atoms with Crippen LogP contribution in [0, 0.1) is 6.92 Å². The highest BCUT2D eigenvalue weighted by atomic mass is 16.5. The molecule has 0 radical (unpaired) electrons. The number of hydrogen-bond acceptors (Lipinski definition) is 3. The maximum atomic E-state index is 5.07. The van der Waals surface area contributed by atoms with Crippen LogP contribution in [0.1, 0.15) is 11.3 Å². The van der Waals surface area contributed by atoms with E-state index in [1.165, 1.54) is 0 Å². The topological polar surface area (TPSA) is 50.3 Å². The van der Waals surface area contributed by atoms with Crippen molar-refractivity contribution in [3.63, 3.8) is 0 Å². The molecule has 0 atom stereocenters. The van der Waals surface area contributed by atoms with Gasteiger partial charge in [-0.05, 0) is 36.8 Å². The second-order valence-electron chi connectivity index (χ2n) is 3.44. The molecular formula is C12H13N3O. The van der Waals surface area contributed by atoms with Crippen molar-refractivity contribution in [2.45, 2.75) is 6.92 Å². The first kappa shape index (κ1) is 10.4. The molecule has 4 nitrogen and oxygen atoms in total. The van der Waals surface area contributed by atoms with E-state index < -0.39 is 0 Å². The lowest BCUT2D eigenvalue weighted by atomic mass is 10.2. The van der Waals surface area contributed by atoms with Gasteiger partial charge in [0.1, 0.15) is 5.75 Å². The molecule has 0 amide bonds. The van der Waals surface area contributed by atoms with Gasteiger partial charge in [0.2, 0.25) is 0 Å². The van der Waals surface area contributed by atoms with Crippen LogP contribution in [0.15, 0.2) is 35.3 Å². The van der Waals surface area contributed by atoms with Crippen LogP contribution in [0.4, 0.5) is 5.82 Å². The first-order valence-corrected chi connectivity index (χ1v) is 4.98. The molecule has 1 N–H and O–H groups in total. The zero-order valence-corrected chi connectivity index (χ0v) is 9.27. The lowest BCUT2D eigenvalue weighted by Crippen LogP contribution is -1.84. The van der Waals surface area contributed by atoms with Gasteiger partial charge in [0.25, 0.3) is 0 Å². The maximum Gasteiger partial charge on any atom is 0.173 e. The van der Waals surface area contributed by atoms with Gasteiger partial charge in [0.05, 0.1) is 7.11 Å². The van der Waals surface area contributed by atoms with Gasteiger partial charge in [-0.1, -0.05) is 0 Å². The first-order chi connectivity index (χ1) is 7.78. The van der Waals surface area contributed by atoms with Gasteiger partial charge in [-0.3, -0.25) is 5.10 Å². The highest BCUT2D eigenvalue weighted by Crippen LogP contribution is 2.12. The Morgan fingerprint density at radius 2 is 2.06 bits per heavy atom. The zero-order valence-electron chi connectivity index (χ0n) is 9.27. The molecule has 1 aromatic heterocycles. The molecule has 16 heavy (non-hydrogen) atoms. The number of aliphatic imine (C=N–C) groups is 1. The summed E-state index contributed by atoms with van der Waals surface area (Å²) in [7, 11) is 1.65. The number of aryl methyl sites for hydroxylation is 1. The number of methoxy groups -OCH3 is 1. The van der Waals surface area contributed by atoms with Crippen molar-refractivity contribution < 1.29 is 4.74 Å². The maximum absolute atomic E-state index is 5.07.